The van der Waals surface area contributed by atoms with Gasteiger partial charge >= 0.3 is 6.09 Å². The van der Waals surface area contributed by atoms with Crippen LogP contribution in [0, 0.1) is 5.82 Å². The fraction of sp³-hybridized carbons (Fsp3) is 0.391. The van der Waals surface area contributed by atoms with Crippen LogP contribution in [0.2, 0.25) is 5.02 Å². The number of fused-ring (bicyclic) bond motifs is 1. The van der Waals surface area contributed by atoms with Crippen molar-refractivity contribution in [3.63, 3.8) is 0 Å². The van der Waals surface area contributed by atoms with Crippen molar-refractivity contribution in [2.45, 2.75) is 38.3 Å². The number of benzene rings is 1. The van der Waals surface area contributed by atoms with Crippen LogP contribution in [0.4, 0.5) is 26.5 Å². The third-order valence-electron chi connectivity index (χ3n) is 6.04. The normalized spacial score (nSPS) is 16.9. The van der Waals surface area contributed by atoms with Gasteiger partial charge in [0, 0.05) is 24.1 Å². The standard InChI is InChI=1S/C23H23BrClFN6O2/c1-22(2,3)34-21(33)32-9-8-23(32)10-31(11-23)16-7-6-15-19(30-16)20(28-12-27-15)29-14-5-4-13(24)17(25)18(14)26/h4-7,12H,8-11H2,1-3H3,(H,27,28,29). The first-order valence-electron chi connectivity index (χ1n) is 10.8. The lowest BCUT2D eigenvalue weighted by atomic mass is 9.78. The summed E-state index contributed by atoms with van der Waals surface area (Å²) in [7, 11) is 0. The number of hydrogen-bond acceptors (Lipinski definition) is 7. The molecule has 0 aliphatic carbocycles. The van der Waals surface area contributed by atoms with Gasteiger partial charge in [0.1, 0.15) is 23.3 Å². The summed E-state index contributed by atoms with van der Waals surface area (Å²) < 4.78 is 20.6. The number of nitrogens with zero attached hydrogens (tertiary/aromatic N) is 5. The summed E-state index contributed by atoms with van der Waals surface area (Å²) in [6, 6.07) is 6.97. The molecule has 178 valence electrons. The number of amides is 1. The maximum Gasteiger partial charge on any atom is 0.410 e. The van der Waals surface area contributed by atoms with Gasteiger partial charge in [-0.05, 0) is 67.4 Å². The van der Waals surface area contributed by atoms with Crippen LogP contribution in [0.1, 0.15) is 27.2 Å². The maximum atomic E-state index is 14.6. The van der Waals surface area contributed by atoms with Crippen molar-refractivity contribution < 1.29 is 13.9 Å². The molecule has 1 N–H and O–H groups in total. The summed E-state index contributed by atoms with van der Waals surface area (Å²) in [4.78, 5) is 29.8. The van der Waals surface area contributed by atoms with Gasteiger partial charge in [-0.15, -0.1) is 0 Å². The number of anilines is 3. The van der Waals surface area contributed by atoms with E-state index in [0.29, 0.717) is 41.0 Å². The van der Waals surface area contributed by atoms with E-state index in [-0.39, 0.29) is 22.3 Å². The number of nitrogens with one attached hydrogen (secondary N) is 1. The molecular weight excluding hydrogens is 527 g/mol. The first-order chi connectivity index (χ1) is 16.1. The van der Waals surface area contributed by atoms with Crippen molar-refractivity contribution in [3.05, 3.63) is 45.9 Å². The topological polar surface area (TPSA) is 83.5 Å². The highest BCUT2D eigenvalue weighted by molar-refractivity contribution is 9.10. The highest BCUT2D eigenvalue weighted by Crippen LogP contribution is 2.42. The minimum atomic E-state index is -0.587. The minimum Gasteiger partial charge on any atom is -0.444 e. The lowest BCUT2D eigenvalue weighted by Gasteiger charge is -2.62. The molecule has 0 bridgehead atoms. The van der Waals surface area contributed by atoms with Crippen molar-refractivity contribution in [1.82, 2.24) is 19.9 Å². The van der Waals surface area contributed by atoms with Gasteiger partial charge in [-0.3, -0.25) is 4.90 Å². The SMILES string of the molecule is CC(C)(C)OC(=O)N1CCC12CN(c1ccc3ncnc(Nc4ccc(Br)c(Cl)c4F)c3n1)C2. The molecule has 1 aromatic carbocycles. The lowest BCUT2D eigenvalue weighted by Crippen LogP contribution is -2.78. The van der Waals surface area contributed by atoms with E-state index in [1.54, 1.807) is 12.1 Å². The molecule has 0 saturated carbocycles. The lowest BCUT2D eigenvalue weighted by molar-refractivity contribution is -0.0562. The number of halogens is 3. The van der Waals surface area contributed by atoms with Gasteiger partial charge in [0.25, 0.3) is 0 Å². The quantitative estimate of drug-likeness (QED) is 0.431. The zero-order valence-corrected chi connectivity index (χ0v) is 21.2. The molecule has 0 atom stereocenters. The van der Waals surface area contributed by atoms with Crippen molar-refractivity contribution in [1.29, 1.82) is 0 Å². The van der Waals surface area contributed by atoms with Crippen LogP contribution in [0.3, 0.4) is 0 Å². The second-order valence-electron chi connectivity index (χ2n) is 9.57. The summed E-state index contributed by atoms with van der Waals surface area (Å²) in [5, 5.41) is 2.97. The molecule has 2 fully saturated rings. The van der Waals surface area contributed by atoms with Crippen molar-refractivity contribution in [3.8, 4) is 0 Å². The van der Waals surface area contributed by atoms with Crippen molar-refractivity contribution in [2.24, 2.45) is 0 Å². The molecule has 3 aromatic rings. The van der Waals surface area contributed by atoms with Gasteiger partial charge in [-0.2, -0.15) is 0 Å². The number of pyridine rings is 1. The van der Waals surface area contributed by atoms with Crippen molar-refractivity contribution >= 4 is 62.0 Å². The fourth-order valence-corrected chi connectivity index (χ4v) is 4.72. The molecule has 2 aromatic heterocycles. The van der Waals surface area contributed by atoms with Gasteiger partial charge < -0.3 is 15.0 Å². The predicted molar refractivity (Wildman–Crippen MR) is 132 cm³/mol. The molecule has 34 heavy (non-hydrogen) atoms. The van der Waals surface area contributed by atoms with E-state index in [4.69, 9.17) is 21.3 Å². The van der Waals surface area contributed by atoms with Gasteiger partial charge in [0.15, 0.2) is 11.6 Å². The molecule has 2 aliphatic rings. The Morgan fingerprint density at radius 2 is 2.00 bits per heavy atom. The molecule has 1 spiro atoms. The van der Waals surface area contributed by atoms with Gasteiger partial charge in [0.05, 0.1) is 21.8 Å². The average molecular weight is 550 g/mol. The van der Waals surface area contributed by atoms with Gasteiger partial charge in [-0.25, -0.2) is 24.1 Å². The summed E-state index contributed by atoms with van der Waals surface area (Å²) in [6.07, 6.45) is 2.05. The smallest absolute Gasteiger partial charge is 0.410 e. The van der Waals surface area contributed by atoms with E-state index < -0.39 is 11.4 Å². The monoisotopic (exact) mass is 548 g/mol. The van der Waals surface area contributed by atoms with Gasteiger partial charge in [0.2, 0.25) is 0 Å². The van der Waals surface area contributed by atoms with Crippen LogP contribution in [-0.2, 0) is 4.74 Å². The van der Waals surface area contributed by atoms with Crippen LogP contribution in [0.25, 0.3) is 11.0 Å². The van der Waals surface area contributed by atoms with Crippen LogP contribution in [-0.4, -0.2) is 56.7 Å². The van der Waals surface area contributed by atoms with Crippen LogP contribution in [0.15, 0.2) is 35.1 Å². The van der Waals surface area contributed by atoms with E-state index in [2.05, 4.69) is 36.1 Å². The molecule has 1 amide bonds. The van der Waals surface area contributed by atoms with Crippen molar-refractivity contribution in [2.75, 3.05) is 29.9 Å². The Kier molecular flexibility index (Phi) is 5.55. The molecule has 0 unspecified atom stereocenters. The number of hydrogen-bond donors (Lipinski definition) is 1. The van der Waals surface area contributed by atoms with E-state index in [1.807, 2.05) is 37.8 Å². The number of carbonyl (C=O) groups is 1. The molecule has 8 nitrogen and oxygen atoms in total. The number of carbonyl (C=O) groups excluding carboxylic acids is 1. The van der Waals surface area contributed by atoms with E-state index in [0.717, 1.165) is 12.2 Å². The predicted octanol–water partition coefficient (Wildman–Crippen LogP) is 5.52. The number of likely N-dealkylation sites (tertiary alicyclic amines) is 1. The molecule has 2 saturated heterocycles. The van der Waals surface area contributed by atoms with Crippen LogP contribution in [0.5, 0.6) is 0 Å². The van der Waals surface area contributed by atoms with E-state index in [1.165, 1.54) is 6.33 Å². The Bertz CT molecular complexity index is 1290. The van der Waals surface area contributed by atoms with Gasteiger partial charge in [-0.1, -0.05) is 11.6 Å². The summed E-state index contributed by atoms with van der Waals surface area (Å²) in [5.74, 6) is 0.524. The first kappa shape index (κ1) is 23.0. The summed E-state index contributed by atoms with van der Waals surface area (Å²) >= 11 is 9.24. The highest BCUT2D eigenvalue weighted by atomic mass is 79.9. The summed E-state index contributed by atoms with van der Waals surface area (Å²) in [6.45, 7) is 7.62. The molecule has 0 radical (unpaired) electrons. The molecular formula is C23H23BrClFN6O2. The van der Waals surface area contributed by atoms with E-state index >= 15 is 0 Å². The van der Waals surface area contributed by atoms with E-state index in [9.17, 15) is 9.18 Å². The molecule has 5 rings (SSSR count). The highest BCUT2D eigenvalue weighted by Gasteiger charge is 2.56. The molecule has 2 aliphatic heterocycles. The van der Waals surface area contributed by atoms with Crippen LogP contribution < -0.4 is 10.2 Å². The Labute approximate surface area is 209 Å². The number of rotatable bonds is 3. The number of ether oxygens (including phenoxy) is 1. The third-order valence-corrected chi connectivity index (χ3v) is 7.30. The maximum absolute atomic E-state index is 14.6. The third kappa shape index (κ3) is 4.02. The minimum absolute atomic E-state index is 0.0158. The van der Waals surface area contributed by atoms with Crippen LogP contribution >= 0.6 is 27.5 Å². The number of aromatic nitrogens is 3. The zero-order chi connectivity index (χ0) is 24.3. The molecule has 4 heterocycles. The first-order valence-corrected chi connectivity index (χ1v) is 12.0. The largest absolute Gasteiger partial charge is 0.444 e. The fourth-order valence-electron chi connectivity index (χ4n) is 4.24. The Hall–Kier alpha value is -2.72. The zero-order valence-electron chi connectivity index (χ0n) is 18.9. The molecule has 11 heteroatoms. The Morgan fingerprint density at radius 3 is 2.68 bits per heavy atom. The Balaban J connectivity index is 1.37. The summed E-state index contributed by atoms with van der Waals surface area (Å²) in [5.41, 5.74) is 0.575. The second-order valence-corrected chi connectivity index (χ2v) is 10.8. The Morgan fingerprint density at radius 1 is 1.24 bits per heavy atom. The average Bonchev–Trinajstić information content (AvgIpc) is 2.71. The second kappa shape index (κ2) is 8.20.